The molecule has 1 aliphatic carbocycles. The van der Waals surface area contributed by atoms with Crippen molar-refractivity contribution in [2.45, 2.75) is 32.2 Å². The molecule has 2 aromatic rings. The fraction of sp³-hybridized carbons (Fsp3) is 0.385. The Hall–Kier alpha value is -1.35. The Kier molecular flexibility index (Phi) is 2.44. The van der Waals surface area contributed by atoms with Crippen LogP contribution in [0, 0.1) is 0 Å². The van der Waals surface area contributed by atoms with Gasteiger partial charge in [0.05, 0.1) is 5.52 Å². The standard InChI is InChI=1S/C13H13ClN2O/c1-2-16-11-6-12(14)15-7-9(11)5-10(13(16)17)8-3-4-8/h5-8H,2-4H2,1H3. The topological polar surface area (TPSA) is 34.9 Å². The molecule has 88 valence electrons. The van der Waals surface area contributed by atoms with Crippen molar-refractivity contribution < 1.29 is 0 Å². The van der Waals surface area contributed by atoms with E-state index in [0.29, 0.717) is 17.6 Å². The number of pyridine rings is 2. The predicted octanol–water partition coefficient (Wildman–Crippen LogP) is 2.95. The molecule has 0 amide bonds. The largest absolute Gasteiger partial charge is 0.308 e. The second-order valence-electron chi connectivity index (χ2n) is 4.49. The maximum Gasteiger partial charge on any atom is 0.254 e. The second-order valence-corrected chi connectivity index (χ2v) is 4.88. The van der Waals surface area contributed by atoms with Crippen LogP contribution in [0.4, 0.5) is 0 Å². The highest BCUT2D eigenvalue weighted by molar-refractivity contribution is 6.30. The molecule has 1 aliphatic rings. The molecule has 3 rings (SSSR count). The van der Waals surface area contributed by atoms with Crippen LogP contribution in [0.15, 0.2) is 23.1 Å². The molecule has 0 unspecified atom stereocenters. The van der Waals surface area contributed by atoms with Crippen molar-refractivity contribution in [2.75, 3.05) is 0 Å². The van der Waals surface area contributed by atoms with E-state index in [2.05, 4.69) is 4.98 Å². The number of aryl methyl sites for hydroxylation is 1. The summed E-state index contributed by atoms with van der Waals surface area (Å²) in [7, 11) is 0. The first kappa shape index (κ1) is 10.8. The number of halogens is 1. The van der Waals surface area contributed by atoms with Crippen LogP contribution in [-0.4, -0.2) is 9.55 Å². The minimum atomic E-state index is 0.129. The van der Waals surface area contributed by atoms with Crippen molar-refractivity contribution in [3.05, 3.63) is 39.4 Å². The Morgan fingerprint density at radius 1 is 1.47 bits per heavy atom. The van der Waals surface area contributed by atoms with Gasteiger partial charge in [-0.15, -0.1) is 0 Å². The predicted molar refractivity (Wildman–Crippen MR) is 68.7 cm³/mol. The van der Waals surface area contributed by atoms with E-state index in [1.54, 1.807) is 16.8 Å². The van der Waals surface area contributed by atoms with Gasteiger partial charge in [-0.1, -0.05) is 11.6 Å². The van der Waals surface area contributed by atoms with Gasteiger partial charge in [0.25, 0.3) is 5.56 Å². The monoisotopic (exact) mass is 248 g/mol. The molecular formula is C13H13ClN2O. The van der Waals surface area contributed by atoms with Crippen molar-refractivity contribution in [3.8, 4) is 0 Å². The number of hydrogen-bond acceptors (Lipinski definition) is 2. The maximum atomic E-state index is 12.3. The van der Waals surface area contributed by atoms with Gasteiger partial charge in [-0.05, 0) is 37.8 Å². The summed E-state index contributed by atoms with van der Waals surface area (Å²) in [5, 5.41) is 1.43. The third-order valence-corrected chi connectivity index (χ3v) is 3.51. The first-order valence-corrected chi connectivity index (χ1v) is 6.27. The summed E-state index contributed by atoms with van der Waals surface area (Å²) in [4.78, 5) is 16.4. The molecule has 17 heavy (non-hydrogen) atoms. The van der Waals surface area contributed by atoms with Gasteiger partial charge in [0.15, 0.2) is 0 Å². The van der Waals surface area contributed by atoms with Gasteiger partial charge in [-0.2, -0.15) is 0 Å². The van der Waals surface area contributed by atoms with Crippen LogP contribution in [0.2, 0.25) is 5.15 Å². The van der Waals surface area contributed by atoms with Crippen molar-refractivity contribution in [1.29, 1.82) is 0 Å². The minimum absolute atomic E-state index is 0.129. The minimum Gasteiger partial charge on any atom is -0.308 e. The van der Waals surface area contributed by atoms with Gasteiger partial charge in [-0.25, -0.2) is 4.98 Å². The molecule has 0 saturated heterocycles. The quantitative estimate of drug-likeness (QED) is 0.766. The average Bonchev–Trinajstić information content (AvgIpc) is 3.12. The number of rotatable bonds is 2. The molecule has 4 heteroatoms. The summed E-state index contributed by atoms with van der Waals surface area (Å²) in [6.07, 6.45) is 4.01. The lowest BCUT2D eigenvalue weighted by Crippen LogP contribution is -2.23. The van der Waals surface area contributed by atoms with Gasteiger partial charge < -0.3 is 4.57 Å². The second kappa shape index (κ2) is 3.84. The third-order valence-electron chi connectivity index (χ3n) is 3.31. The summed E-state index contributed by atoms with van der Waals surface area (Å²) in [5.41, 5.74) is 1.94. The Bertz CT molecular complexity index is 644. The van der Waals surface area contributed by atoms with Crippen LogP contribution < -0.4 is 5.56 Å². The first-order chi connectivity index (χ1) is 8.20. The van der Waals surface area contributed by atoms with Crippen molar-refractivity contribution in [3.63, 3.8) is 0 Å². The van der Waals surface area contributed by atoms with Gasteiger partial charge in [0.2, 0.25) is 0 Å². The molecular weight excluding hydrogens is 236 g/mol. The van der Waals surface area contributed by atoms with Crippen LogP contribution in [0.3, 0.4) is 0 Å². The summed E-state index contributed by atoms with van der Waals surface area (Å²) in [5.74, 6) is 0.459. The van der Waals surface area contributed by atoms with Crippen LogP contribution in [0.1, 0.15) is 31.2 Å². The number of fused-ring (bicyclic) bond motifs is 1. The lowest BCUT2D eigenvalue weighted by Gasteiger charge is -2.10. The highest BCUT2D eigenvalue weighted by Gasteiger charge is 2.27. The third kappa shape index (κ3) is 1.75. The Morgan fingerprint density at radius 3 is 2.88 bits per heavy atom. The van der Waals surface area contributed by atoms with Crippen molar-refractivity contribution in [1.82, 2.24) is 9.55 Å². The highest BCUT2D eigenvalue weighted by Crippen LogP contribution is 2.39. The first-order valence-electron chi connectivity index (χ1n) is 5.89. The fourth-order valence-electron chi connectivity index (χ4n) is 2.27. The van der Waals surface area contributed by atoms with Gasteiger partial charge >= 0.3 is 0 Å². The summed E-state index contributed by atoms with van der Waals surface area (Å²) in [6, 6.07) is 3.74. The average molecular weight is 249 g/mol. The van der Waals surface area contributed by atoms with Crippen LogP contribution >= 0.6 is 11.6 Å². The Balaban J connectivity index is 2.37. The van der Waals surface area contributed by atoms with Crippen LogP contribution in [0.5, 0.6) is 0 Å². The highest BCUT2D eigenvalue weighted by atomic mass is 35.5. The molecule has 0 atom stereocenters. The zero-order valence-corrected chi connectivity index (χ0v) is 10.4. The van der Waals surface area contributed by atoms with E-state index in [9.17, 15) is 4.79 Å². The SMILES string of the molecule is CCn1c(=O)c(C2CC2)cc2cnc(Cl)cc21. The zero-order chi connectivity index (χ0) is 12.0. The lowest BCUT2D eigenvalue weighted by molar-refractivity contribution is 0.746. The zero-order valence-electron chi connectivity index (χ0n) is 9.61. The van der Waals surface area contributed by atoms with Crippen LogP contribution in [0.25, 0.3) is 10.9 Å². The molecule has 0 radical (unpaired) electrons. The number of nitrogens with zero attached hydrogens (tertiary/aromatic N) is 2. The fourth-order valence-corrected chi connectivity index (χ4v) is 2.42. The smallest absolute Gasteiger partial charge is 0.254 e. The van der Waals surface area contributed by atoms with Gasteiger partial charge in [0, 0.05) is 23.7 Å². The van der Waals surface area contributed by atoms with E-state index < -0.39 is 0 Å². The summed E-state index contributed by atoms with van der Waals surface area (Å²) < 4.78 is 1.79. The van der Waals surface area contributed by atoms with E-state index in [1.807, 2.05) is 13.0 Å². The molecule has 0 spiro atoms. The van der Waals surface area contributed by atoms with E-state index in [4.69, 9.17) is 11.6 Å². The Labute approximate surface area is 104 Å². The van der Waals surface area contributed by atoms with Crippen molar-refractivity contribution in [2.24, 2.45) is 0 Å². The van der Waals surface area contributed by atoms with E-state index in [1.165, 1.54) is 0 Å². The van der Waals surface area contributed by atoms with Gasteiger partial charge in [0.1, 0.15) is 5.15 Å². The molecule has 3 nitrogen and oxygen atoms in total. The molecule has 0 N–H and O–H groups in total. The molecule has 0 aliphatic heterocycles. The molecule has 0 bridgehead atoms. The molecule has 1 saturated carbocycles. The maximum absolute atomic E-state index is 12.3. The number of aromatic nitrogens is 2. The summed E-state index contributed by atoms with van der Waals surface area (Å²) in [6.45, 7) is 2.64. The van der Waals surface area contributed by atoms with E-state index in [-0.39, 0.29) is 5.56 Å². The van der Waals surface area contributed by atoms with E-state index in [0.717, 1.165) is 29.3 Å². The van der Waals surface area contributed by atoms with Gasteiger partial charge in [-0.3, -0.25) is 4.79 Å². The van der Waals surface area contributed by atoms with Crippen LogP contribution in [-0.2, 0) is 6.54 Å². The molecule has 2 aromatic heterocycles. The lowest BCUT2D eigenvalue weighted by atomic mass is 10.1. The molecule has 2 heterocycles. The summed E-state index contributed by atoms with van der Waals surface area (Å²) >= 11 is 5.89. The van der Waals surface area contributed by atoms with E-state index >= 15 is 0 Å². The Morgan fingerprint density at radius 2 is 2.24 bits per heavy atom. The molecule has 0 aromatic carbocycles. The van der Waals surface area contributed by atoms with Crippen molar-refractivity contribution >= 4 is 22.5 Å². The normalized spacial score (nSPS) is 15.4. The number of hydrogen-bond donors (Lipinski definition) is 0. The molecule has 1 fully saturated rings.